The van der Waals surface area contributed by atoms with Gasteiger partial charge in [0.2, 0.25) is 0 Å². The Kier molecular flexibility index (Phi) is 4.35. The molecule has 1 unspecified atom stereocenters. The topological polar surface area (TPSA) is 20.3 Å². The zero-order chi connectivity index (χ0) is 14.6. The van der Waals surface area contributed by atoms with Gasteiger partial charge in [0.1, 0.15) is 0 Å². The normalized spacial score (nSPS) is 14.0. The number of hydrogen-bond acceptors (Lipinski definition) is 2. The molecule has 1 atom stereocenters. The number of carbonyl (C=O) groups is 1. The first-order valence-corrected chi connectivity index (χ1v) is 6.85. The molecule has 2 nitrogen and oxygen atoms in total. The smallest absolute Gasteiger partial charge is 0.183 e. The van der Waals surface area contributed by atoms with Crippen molar-refractivity contribution in [1.82, 2.24) is 4.90 Å². The minimum absolute atomic E-state index is 0.159. The fraction of sp³-hybridized carbons (Fsp3) is 0.278. The first-order valence-electron chi connectivity index (χ1n) is 6.85. The summed E-state index contributed by atoms with van der Waals surface area (Å²) in [7, 11) is 3.92. The maximum atomic E-state index is 12.9. The maximum absolute atomic E-state index is 12.9. The molecule has 20 heavy (non-hydrogen) atoms. The van der Waals surface area contributed by atoms with Crippen molar-refractivity contribution in [1.29, 1.82) is 0 Å². The monoisotopic (exact) mass is 267 g/mol. The average molecular weight is 267 g/mol. The number of benzene rings is 2. The van der Waals surface area contributed by atoms with Crippen LogP contribution in [0.25, 0.3) is 0 Å². The van der Waals surface area contributed by atoms with Crippen LogP contribution in [0.15, 0.2) is 60.7 Å². The zero-order valence-electron chi connectivity index (χ0n) is 12.3. The van der Waals surface area contributed by atoms with Crippen molar-refractivity contribution >= 4 is 5.78 Å². The summed E-state index contributed by atoms with van der Waals surface area (Å²) in [6, 6.07) is 19.7. The number of hydrogen-bond donors (Lipinski definition) is 0. The summed E-state index contributed by atoms with van der Waals surface area (Å²) in [6.45, 7) is 2.01. The van der Waals surface area contributed by atoms with Gasteiger partial charge in [-0.05, 0) is 33.0 Å². The highest BCUT2D eigenvalue weighted by Gasteiger charge is 2.36. The number of carbonyl (C=O) groups excluding carboxylic acids is 1. The molecule has 0 amide bonds. The largest absolute Gasteiger partial charge is 0.297 e. The summed E-state index contributed by atoms with van der Waals surface area (Å²) < 4.78 is 0. The van der Waals surface area contributed by atoms with Gasteiger partial charge in [-0.1, -0.05) is 60.7 Å². The Morgan fingerprint density at radius 2 is 1.45 bits per heavy atom. The summed E-state index contributed by atoms with van der Waals surface area (Å²) in [6.07, 6.45) is 0.703. The third-order valence-corrected chi connectivity index (χ3v) is 3.90. The second kappa shape index (κ2) is 6.02. The molecule has 2 rings (SSSR count). The molecule has 2 heteroatoms. The molecule has 2 aromatic rings. The lowest BCUT2D eigenvalue weighted by atomic mass is 9.84. The van der Waals surface area contributed by atoms with E-state index in [1.165, 1.54) is 5.56 Å². The van der Waals surface area contributed by atoms with Crippen LogP contribution >= 0.6 is 0 Å². The minimum atomic E-state index is -0.539. The molecule has 0 bridgehead atoms. The van der Waals surface area contributed by atoms with Gasteiger partial charge in [0, 0.05) is 5.56 Å². The molecule has 0 saturated carbocycles. The first kappa shape index (κ1) is 14.5. The van der Waals surface area contributed by atoms with Crippen LogP contribution in [0.1, 0.15) is 22.8 Å². The first-order chi connectivity index (χ1) is 9.54. The second-order valence-electron chi connectivity index (χ2n) is 5.53. The van der Waals surface area contributed by atoms with Gasteiger partial charge < -0.3 is 0 Å². The predicted molar refractivity (Wildman–Crippen MR) is 83.0 cm³/mol. The number of rotatable bonds is 5. The van der Waals surface area contributed by atoms with Crippen LogP contribution in [0, 0.1) is 0 Å². The van der Waals surface area contributed by atoms with Crippen LogP contribution in [0.2, 0.25) is 0 Å². The van der Waals surface area contributed by atoms with Crippen molar-refractivity contribution in [2.45, 2.75) is 18.9 Å². The van der Waals surface area contributed by atoms with Crippen molar-refractivity contribution in [2.75, 3.05) is 14.1 Å². The van der Waals surface area contributed by atoms with Crippen LogP contribution in [-0.2, 0) is 6.42 Å². The molecule has 0 fully saturated rings. The molecule has 0 radical (unpaired) electrons. The Bertz CT molecular complexity index is 562. The van der Waals surface area contributed by atoms with Crippen molar-refractivity contribution < 1.29 is 4.79 Å². The molecule has 0 aliphatic heterocycles. The van der Waals surface area contributed by atoms with Crippen molar-refractivity contribution in [3.63, 3.8) is 0 Å². The molecule has 0 spiro atoms. The quantitative estimate of drug-likeness (QED) is 0.774. The molecule has 0 heterocycles. The van der Waals surface area contributed by atoms with E-state index >= 15 is 0 Å². The lowest BCUT2D eigenvalue weighted by Gasteiger charge is -2.35. The number of nitrogens with zero attached hydrogens (tertiary/aromatic N) is 1. The lowest BCUT2D eigenvalue weighted by Crippen LogP contribution is -2.50. The molecular weight excluding hydrogens is 246 g/mol. The Morgan fingerprint density at radius 1 is 0.950 bits per heavy atom. The van der Waals surface area contributed by atoms with E-state index < -0.39 is 5.54 Å². The van der Waals surface area contributed by atoms with Crippen LogP contribution in [0.3, 0.4) is 0 Å². The standard InChI is InChI=1S/C18H21NO/c1-18(19(2)3,14-15-10-6-4-7-11-15)17(20)16-12-8-5-9-13-16/h4-13H,14H2,1-3H3. The van der Waals surface area contributed by atoms with E-state index in [1.807, 2.05) is 74.4 Å². The lowest BCUT2D eigenvalue weighted by molar-refractivity contribution is 0.0719. The zero-order valence-corrected chi connectivity index (χ0v) is 12.3. The van der Waals surface area contributed by atoms with Crippen molar-refractivity contribution in [3.05, 3.63) is 71.8 Å². The highest BCUT2D eigenvalue weighted by Crippen LogP contribution is 2.23. The van der Waals surface area contributed by atoms with Gasteiger partial charge in [0.25, 0.3) is 0 Å². The summed E-state index contributed by atoms with van der Waals surface area (Å²) in [4.78, 5) is 14.9. The second-order valence-corrected chi connectivity index (χ2v) is 5.53. The van der Waals surface area contributed by atoms with Gasteiger partial charge in [-0.15, -0.1) is 0 Å². The van der Waals surface area contributed by atoms with Gasteiger partial charge in [-0.2, -0.15) is 0 Å². The molecule has 104 valence electrons. The van der Waals surface area contributed by atoms with E-state index in [0.717, 1.165) is 5.56 Å². The van der Waals surface area contributed by atoms with E-state index in [-0.39, 0.29) is 5.78 Å². The van der Waals surface area contributed by atoms with Gasteiger partial charge in [-0.3, -0.25) is 9.69 Å². The Labute approximate surface area is 121 Å². The van der Waals surface area contributed by atoms with E-state index in [0.29, 0.717) is 6.42 Å². The third-order valence-electron chi connectivity index (χ3n) is 3.90. The molecule has 2 aromatic carbocycles. The predicted octanol–water partition coefficient (Wildman–Crippen LogP) is 3.43. The van der Waals surface area contributed by atoms with Crippen LogP contribution in [0.5, 0.6) is 0 Å². The molecular formula is C18H21NO. The van der Waals surface area contributed by atoms with Crippen LogP contribution in [-0.4, -0.2) is 30.3 Å². The summed E-state index contributed by atoms with van der Waals surface area (Å²) in [5, 5.41) is 0. The van der Waals surface area contributed by atoms with Gasteiger partial charge >= 0.3 is 0 Å². The van der Waals surface area contributed by atoms with Crippen LogP contribution in [0.4, 0.5) is 0 Å². The van der Waals surface area contributed by atoms with Crippen molar-refractivity contribution in [2.24, 2.45) is 0 Å². The summed E-state index contributed by atoms with van der Waals surface area (Å²) in [5.74, 6) is 0.159. The number of Topliss-reactive ketones (excluding diaryl/α,β-unsaturated/α-hetero) is 1. The average Bonchev–Trinajstić information content (AvgIpc) is 2.48. The summed E-state index contributed by atoms with van der Waals surface area (Å²) >= 11 is 0. The Balaban J connectivity index is 2.33. The molecule has 0 aliphatic rings. The third kappa shape index (κ3) is 2.97. The van der Waals surface area contributed by atoms with Gasteiger partial charge in [-0.25, -0.2) is 0 Å². The number of ketones is 1. The highest BCUT2D eigenvalue weighted by atomic mass is 16.1. The van der Waals surface area contributed by atoms with E-state index in [4.69, 9.17) is 0 Å². The molecule has 0 aliphatic carbocycles. The Hall–Kier alpha value is -1.93. The van der Waals surface area contributed by atoms with E-state index in [2.05, 4.69) is 12.1 Å². The summed E-state index contributed by atoms with van der Waals surface area (Å²) in [5.41, 5.74) is 1.40. The van der Waals surface area contributed by atoms with Gasteiger partial charge in [0.05, 0.1) is 5.54 Å². The van der Waals surface area contributed by atoms with Crippen LogP contribution < -0.4 is 0 Å². The molecule has 0 saturated heterocycles. The fourth-order valence-electron chi connectivity index (χ4n) is 2.34. The molecule has 0 N–H and O–H groups in total. The van der Waals surface area contributed by atoms with Crippen molar-refractivity contribution in [3.8, 4) is 0 Å². The SMILES string of the molecule is CN(C)C(C)(Cc1ccccc1)C(=O)c1ccccc1. The number of likely N-dealkylation sites (N-methyl/N-ethyl adjacent to an activating group) is 1. The fourth-order valence-corrected chi connectivity index (χ4v) is 2.34. The maximum Gasteiger partial charge on any atom is 0.183 e. The van der Waals surface area contributed by atoms with Gasteiger partial charge in [0.15, 0.2) is 5.78 Å². The minimum Gasteiger partial charge on any atom is -0.297 e. The van der Waals surface area contributed by atoms with E-state index in [9.17, 15) is 4.79 Å². The highest BCUT2D eigenvalue weighted by molar-refractivity contribution is 6.03. The Morgan fingerprint density at radius 3 is 1.95 bits per heavy atom. The molecule has 0 aromatic heterocycles. The van der Waals surface area contributed by atoms with E-state index in [1.54, 1.807) is 0 Å².